The van der Waals surface area contributed by atoms with E-state index in [1.807, 2.05) is 21.9 Å². The van der Waals surface area contributed by atoms with E-state index in [0.29, 0.717) is 36.8 Å². The predicted octanol–water partition coefficient (Wildman–Crippen LogP) is 3.05. The molecule has 0 aromatic heterocycles. The fourth-order valence-corrected chi connectivity index (χ4v) is 5.32. The summed E-state index contributed by atoms with van der Waals surface area (Å²) in [7, 11) is 3.21. The number of likely N-dealkylation sites (tertiary alicyclic amines) is 1. The van der Waals surface area contributed by atoms with Crippen LogP contribution < -0.4 is 9.47 Å². The normalized spacial score (nSPS) is 20.2. The van der Waals surface area contributed by atoms with Crippen molar-refractivity contribution in [2.24, 2.45) is 0 Å². The minimum Gasteiger partial charge on any atom is -0.493 e. The lowest BCUT2D eigenvalue weighted by Gasteiger charge is -2.26. The lowest BCUT2D eigenvalue weighted by Crippen LogP contribution is -2.33. The molecule has 6 nitrogen and oxygen atoms in total. The highest BCUT2D eigenvalue weighted by molar-refractivity contribution is 9.10. The summed E-state index contributed by atoms with van der Waals surface area (Å²) in [6.07, 6.45) is 2.39. The number of carbonyl (C=O) groups is 2. The summed E-state index contributed by atoms with van der Waals surface area (Å²) in [6.45, 7) is 2.19. The van der Waals surface area contributed by atoms with Gasteiger partial charge in [0.25, 0.3) is 0 Å². The largest absolute Gasteiger partial charge is 0.493 e. The number of nitrogens with zero attached hydrogens (tertiary/aromatic N) is 2. The van der Waals surface area contributed by atoms with Crippen molar-refractivity contribution in [1.82, 2.24) is 9.80 Å². The minimum atomic E-state index is -0.0639. The molecule has 2 heterocycles. The van der Waals surface area contributed by atoms with Crippen LogP contribution in [0.4, 0.5) is 0 Å². The lowest BCUT2D eigenvalue weighted by atomic mass is 10.1. The first-order valence-electron chi connectivity index (χ1n) is 8.65. The van der Waals surface area contributed by atoms with Crippen LogP contribution in [0.1, 0.15) is 30.2 Å². The molecular formula is C18H23BrN2O4S. The van der Waals surface area contributed by atoms with Crippen LogP contribution in [0.25, 0.3) is 0 Å². The number of amides is 2. The number of methoxy groups -OCH3 is 2. The van der Waals surface area contributed by atoms with Gasteiger partial charge in [0.1, 0.15) is 5.37 Å². The van der Waals surface area contributed by atoms with E-state index in [0.717, 1.165) is 29.4 Å². The Hall–Kier alpha value is -1.41. The van der Waals surface area contributed by atoms with Gasteiger partial charge in [0.05, 0.1) is 20.0 Å². The van der Waals surface area contributed by atoms with Crippen molar-refractivity contribution < 1.29 is 19.1 Å². The van der Waals surface area contributed by atoms with Crippen LogP contribution in [-0.4, -0.2) is 61.2 Å². The van der Waals surface area contributed by atoms with Crippen LogP contribution in [0, 0.1) is 0 Å². The van der Waals surface area contributed by atoms with E-state index in [2.05, 4.69) is 15.9 Å². The Morgan fingerprint density at radius 1 is 1.15 bits per heavy atom. The van der Waals surface area contributed by atoms with Gasteiger partial charge in [-0.05, 0) is 25.0 Å². The molecule has 2 saturated heterocycles. The number of rotatable bonds is 7. The van der Waals surface area contributed by atoms with Crippen LogP contribution >= 0.6 is 27.7 Å². The van der Waals surface area contributed by atoms with Gasteiger partial charge in [-0.3, -0.25) is 9.59 Å². The third-order valence-corrected chi connectivity index (χ3v) is 6.66. The van der Waals surface area contributed by atoms with E-state index in [1.54, 1.807) is 26.0 Å². The van der Waals surface area contributed by atoms with Crippen molar-refractivity contribution in [2.45, 2.75) is 24.6 Å². The molecule has 142 valence electrons. The Morgan fingerprint density at radius 3 is 2.54 bits per heavy atom. The second-order valence-corrected chi connectivity index (χ2v) is 8.24. The number of hydrogen-bond donors (Lipinski definition) is 0. The summed E-state index contributed by atoms with van der Waals surface area (Å²) < 4.78 is 11.6. The van der Waals surface area contributed by atoms with Gasteiger partial charge in [-0.1, -0.05) is 15.9 Å². The summed E-state index contributed by atoms with van der Waals surface area (Å²) in [6, 6.07) is 3.80. The summed E-state index contributed by atoms with van der Waals surface area (Å²) in [4.78, 5) is 27.9. The van der Waals surface area contributed by atoms with Crippen LogP contribution in [0.3, 0.4) is 0 Å². The van der Waals surface area contributed by atoms with E-state index in [4.69, 9.17) is 9.47 Å². The molecule has 0 saturated carbocycles. The van der Waals surface area contributed by atoms with Gasteiger partial charge >= 0.3 is 0 Å². The summed E-state index contributed by atoms with van der Waals surface area (Å²) in [5, 5.41) is -0.0639. The molecule has 26 heavy (non-hydrogen) atoms. The van der Waals surface area contributed by atoms with Crippen LogP contribution in [0.2, 0.25) is 0 Å². The van der Waals surface area contributed by atoms with Gasteiger partial charge in [-0.2, -0.15) is 0 Å². The smallest absolute Gasteiger partial charge is 0.233 e. The summed E-state index contributed by atoms with van der Waals surface area (Å²) in [5.74, 6) is 2.12. The second kappa shape index (κ2) is 8.52. The Morgan fingerprint density at radius 2 is 1.88 bits per heavy atom. The van der Waals surface area contributed by atoms with Crippen molar-refractivity contribution in [2.75, 3.05) is 39.6 Å². The number of ether oxygens (including phenoxy) is 2. The molecule has 0 spiro atoms. The number of thioether (sulfide) groups is 1. The van der Waals surface area contributed by atoms with E-state index in [9.17, 15) is 9.59 Å². The predicted molar refractivity (Wildman–Crippen MR) is 105 cm³/mol. The van der Waals surface area contributed by atoms with E-state index >= 15 is 0 Å². The fourth-order valence-electron chi connectivity index (χ4n) is 3.39. The third-order valence-electron chi connectivity index (χ3n) is 4.74. The molecule has 0 N–H and O–H groups in total. The van der Waals surface area contributed by atoms with Gasteiger partial charge < -0.3 is 19.3 Å². The molecule has 1 atom stereocenters. The minimum absolute atomic E-state index is 0.0639. The zero-order valence-corrected chi connectivity index (χ0v) is 17.4. The standard InChI is InChI=1S/C18H23BrN2O4S/c1-24-14-9-12(13(19)10-15(14)25-2)18-21(17(23)11-26-18)8-4-7-20-6-3-5-16(20)22/h9-10,18H,3-8,11H2,1-2H3. The first kappa shape index (κ1) is 19.4. The van der Waals surface area contributed by atoms with Crippen LogP contribution in [-0.2, 0) is 9.59 Å². The molecule has 2 amide bonds. The Balaban J connectivity index is 1.72. The topological polar surface area (TPSA) is 59.1 Å². The van der Waals surface area contributed by atoms with Gasteiger partial charge in [0, 0.05) is 36.1 Å². The molecule has 0 radical (unpaired) electrons. The average molecular weight is 443 g/mol. The maximum absolute atomic E-state index is 12.4. The molecule has 1 unspecified atom stereocenters. The number of benzene rings is 1. The fraction of sp³-hybridized carbons (Fsp3) is 0.556. The Kier molecular flexibility index (Phi) is 6.34. The van der Waals surface area contributed by atoms with Crippen LogP contribution in [0.5, 0.6) is 11.5 Å². The van der Waals surface area contributed by atoms with E-state index < -0.39 is 0 Å². The zero-order chi connectivity index (χ0) is 18.7. The summed E-state index contributed by atoms with van der Waals surface area (Å²) in [5.41, 5.74) is 0.996. The number of carbonyl (C=O) groups excluding carboxylic acids is 2. The van der Waals surface area contributed by atoms with Gasteiger partial charge in [-0.15, -0.1) is 11.8 Å². The molecule has 1 aromatic carbocycles. The molecule has 1 aromatic rings. The molecule has 0 aliphatic carbocycles. The van der Waals surface area contributed by atoms with Crippen molar-refractivity contribution >= 4 is 39.5 Å². The lowest BCUT2D eigenvalue weighted by molar-refractivity contribution is -0.128. The molecule has 8 heteroatoms. The third kappa shape index (κ3) is 3.96. The quantitative estimate of drug-likeness (QED) is 0.649. The SMILES string of the molecule is COc1cc(Br)c(C2SCC(=O)N2CCCN2CCCC2=O)cc1OC. The van der Waals surface area contributed by atoms with Crippen molar-refractivity contribution in [3.05, 3.63) is 22.2 Å². The van der Waals surface area contributed by atoms with Crippen molar-refractivity contribution in [3.8, 4) is 11.5 Å². The van der Waals surface area contributed by atoms with Crippen molar-refractivity contribution in [1.29, 1.82) is 0 Å². The maximum Gasteiger partial charge on any atom is 0.233 e. The Labute approximate surface area is 166 Å². The molecule has 2 aliphatic rings. The highest BCUT2D eigenvalue weighted by Gasteiger charge is 2.34. The number of hydrogen-bond acceptors (Lipinski definition) is 5. The average Bonchev–Trinajstić information content (AvgIpc) is 3.21. The zero-order valence-electron chi connectivity index (χ0n) is 15.0. The Bertz CT molecular complexity index is 700. The first-order chi connectivity index (χ1) is 12.5. The van der Waals surface area contributed by atoms with E-state index in [1.165, 1.54) is 0 Å². The number of halogens is 1. The summed E-state index contributed by atoms with van der Waals surface area (Å²) >= 11 is 5.21. The molecule has 3 rings (SSSR count). The van der Waals surface area contributed by atoms with Crippen molar-refractivity contribution in [3.63, 3.8) is 0 Å². The monoisotopic (exact) mass is 442 g/mol. The highest BCUT2D eigenvalue weighted by atomic mass is 79.9. The first-order valence-corrected chi connectivity index (χ1v) is 10.5. The van der Waals surface area contributed by atoms with Gasteiger partial charge in [0.2, 0.25) is 11.8 Å². The molecule has 2 fully saturated rings. The molecular weight excluding hydrogens is 420 g/mol. The van der Waals surface area contributed by atoms with Gasteiger partial charge in [-0.25, -0.2) is 0 Å². The second-order valence-electron chi connectivity index (χ2n) is 6.32. The van der Waals surface area contributed by atoms with Crippen LogP contribution in [0.15, 0.2) is 16.6 Å². The molecule has 0 bridgehead atoms. The van der Waals surface area contributed by atoms with Gasteiger partial charge in [0.15, 0.2) is 11.5 Å². The highest BCUT2D eigenvalue weighted by Crippen LogP contribution is 2.45. The maximum atomic E-state index is 12.4. The van der Waals surface area contributed by atoms with E-state index in [-0.39, 0.29) is 17.2 Å². The molecule has 2 aliphatic heterocycles.